The molecule has 0 radical (unpaired) electrons. The van der Waals surface area contributed by atoms with Gasteiger partial charge in [0.1, 0.15) is 17.1 Å². The molecule has 10 nitrogen and oxygen atoms in total. The van der Waals surface area contributed by atoms with E-state index in [9.17, 15) is 24.3 Å². The maximum atomic E-state index is 12.7. The van der Waals surface area contributed by atoms with Gasteiger partial charge in [-0.1, -0.05) is 41.7 Å². The molecule has 2 heterocycles. The van der Waals surface area contributed by atoms with Gasteiger partial charge in [-0.25, -0.2) is 4.79 Å². The van der Waals surface area contributed by atoms with E-state index in [-0.39, 0.29) is 22.4 Å². The highest BCUT2D eigenvalue weighted by molar-refractivity contribution is 8.13. The number of rotatable bonds is 10. The summed E-state index contributed by atoms with van der Waals surface area (Å²) in [7, 11) is 0. The van der Waals surface area contributed by atoms with Crippen LogP contribution in [0.25, 0.3) is 0 Å². The first kappa shape index (κ1) is 25.3. The van der Waals surface area contributed by atoms with E-state index in [0.717, 1.165) is 34.0 Å². The summed E-state index contributed by atoms with van der Waals surface area (Å²) in [6.45, 7) is 0. The summed E-state index contributed by atoms with van der Waals surface area (Å²) >= 11 is 4.70. The number of fused-ring (bicyclic) bond motifs is 1. The number of carboxylic acid groups (broad SMARTS) is 2. The molecule has 0 bridgehead atoms. The van der Waals surface area contributed by atoms with Crippen molar-refractivity contribution in [2.45, 2.75) is 22.1 Å². The van der Waals surface area contributed by atoms with Crippen LogP contribution in [-0.2, 0) is 24.9 Å². The number of β-lactam (4-membered cyclic amide) rings is 1. The van der Waals surface area contributed by atoms with Crippen LogP contribution in [-0.4, -0.2) is 72.7 Å². The fourth-order valence-electron chi connectivity index (χ4n) is 3.13. The monoisotopic (exact) mass is 528 g/mol. The van der Waals surface area contributed by atoms with Gasteiger partial charge in [0.05, 0.1) is 11.5 Å². The maximum Gasteiger partial charge on any atom is 0.353 e. The third kappa shape index (κ3) is 6.19. The van der Waals surface area contributed by atoms with Crippen LogP contribution in [0.5, 0.6) is 0 Å². The molecule has 176 valence electrons. The SMILES string of the molecule is N=C(N)SCc1ccccc1SC1=C(C(=O)O)N2C(=O)[C@@H](NC(=O)CSCC(=O)O)[C@H]2SC1. The van der Waals surface area contributed by atoms with E-state index in [4.69, 9.17) is 16.2 Å². The van der Waals surface area contributed by atoms with Gasteiger partial charge in [-0.2, -0.15) is 0 Å². The Labute approximate surface area is 206 Å². The third-order valence-electron chi connectivity index (χ3n) is 4.50. The molecule has 1 fully saturated rings. The van der Waals surface area contributed by atoms with Gasteiger partial charge in [-0.3, -0.25) is 24.7 Å². The summed E-state index contributed by atoms with van der Waals surface area (Å²) in [5.41, 5.74) is 6.22. The largest absolute Gasteiger partial charge is 0.481 e. The number of nitrogens with two attached hydrogens (primary N) is 1. The minimum Gasteiger partial charge on any atom is -0.481 e. The number of carboxylic acids is 2. The molecule has 6 N–H and O–H groups in total. The first-order valence-electron chi connectivity index (χ1n) is 9.41. The number of thioether (sulfide) groups is 4. The number of carbonyl (C=O) groups is 4. The second-order valence-electron chi connectivity index (χ2n) is 6.78. The summed E-state index contributed by atoms with van der Waals surface area (Å²) in [5.74, 6) is -2.79. The second kappa shape index (κ2) is 11.2. The van der Waals surface area contributed by atoms with Crippen LogP contribution < -0.4 is 11.1 Å². The summed E-state index contributed by atoms with van der Waals surface area (Å²) in [6, 6.07) is 6.54. The van der Waals surface area contributed by atoms with Gasteiger partial charge in [-0.15, -0.1) is 23.5 Å². The van der Waals surface area contributed by atoms with Crippen LogP contribution in [0.2, 0.25) is 0 Å². The number of aliphatic carboxylic acids is 2. The normalized spacial score (nSPS) is 19.5. The van der Waals surface area contributed by atoms with Crippen LogP contribution >= 0.6 is 47.0 Å². The lowest BCUT2D eigenvalue weighted by Crippen LogP contribution is -2.70. The number of hydrogen-bond donors (Lipinski definition) is 5. The van der Waals surface area contributed by atoms with E-state index >= 15 is 0 Å². The van der Waals surface area contributed by atoms with Crippen LogP contribution in [0.3, 0.4) is 0 Å². The number of nitrogens with zero attached hydrogens (tertiary/aromatic N) is 1. The van der Waals surface area contributed by atoms with Crippen LogP contribution in [0.15, 0.2) is 39.8 Å². The van der Waals surface area contributed by atoms with Gasteiger partial charge in [0.25, 0.3) is 5.91 Å². The van der Waals surface area contributed by atoms with Crippen molar-refractivity contribution in [3.63, 3.8) is 0 Å². The highest BCUT2D eigenvalue weighted by atomic mass is 32.2. The predicted molar refractivity (Wildman–Crippen MR) is 130 cm³/mol. The molecule has 2 amide bonds. The minimum absolute atomic E-state index is 0.0167. The highest BCUT2D eigenvalue weighted by Crippen LogP contribution is 2.45. The molecular formula is C19H20N4O6S4. The van der Waals surface area contributed by atoms with Crippen LogP contribution in [0, 0.1) is 5.41 Å². The van der Waals surface area contributed by atoms with Crippen molar-refractivity contribution in [3.8, 4) is 0 Å². The molecule has 0 aliphatic carbocycles. The van der Waals surface area contributed by atoms with Crippen LogP contribution in [0.1, 0.15) is 5.56 Å². The van der Waals surface area contributed by atoms with Gasteiger partial charge in [0.15, 0.2) is 5.17 Å². The molecule has 0 aromatic heterocycles. The zero-order chi connectivity index (χ0) is 24.1. The number of hydrogen-bond acceptors (Lipinski definition) is 9. The number of carbonyl (C=O) groups excluding carboxylic acids is 2. The molecule has 2 aliphatic heterocycles. The molecule has 0 saturated carbocycles. The number of amidine groups is 1. The smallest absolute Gasteiger partial charge is 0.353 e. The lowest BCUT2D eigenvalue weighted by molar-refractivity contribution is -0.150. The van der Waals surface area contributed by atoms with E-state index in [0.29, 0.717) is 16.4 Å². The quantitative estimate of drug-likeness (QED) is 0.169. The average Bonchev–Trinajstić information content (AvgIpc) is 2.76. The van der Waals surface area contributed by atoms with Gasteiger partial charge in [0, 0.05) is 21.3 Å². The Morgan fingerprint density at radius 2 is 1.97 bits per heavy atom. The molecule has 0 unspecified atom stereocenters. The predicted octanol–water partition coefficient (Wildman–Crippen LogP) is 1.42. The van der Waals surface area contributed by atoms with Crippen molar-refractivity contribution in [2.75, 3.05) is 17.3 Å². The van der Waals surface area contributed by atoms with Gasteiger partial charge >= 0.3 is 11.9 Å². The third-order valence-corrected chi connectivity index (χ3v) is 8.85. The van der Waals surface area contributed by atoms with Crippen LogP contribution in [0.4, 0.5) is 0 Å². The van der Waals surface area contributed by atoms with E-state index in [1.165, 1.54) is 28.4 Å². The highest BCUT2D eigenvalue weighted by Gasteiger charge is 2.54. The molecule has 33 heavy (non-hydrogen) atoms. The fraction of sp³-hybridized carbons (Fsp3) is 0.316. The molecule has 14 heteroatoms. The molecule has 1 aromatic rings. The van der Waals surface area contributed by atoms with Gasteiger partial charge in [0.2, 0.25) is 5.91 Å². The number of benzene rings is 1. The first-order chi connectivity index (χ1) is 15.7. The zero-order valence-corrected chi connectivity index (χ0v) is 20.2. The summed E-state index contributed by atoms with van der Waals surface area (Å²) in [6.07, 6.45) is 0. The van der Waals surface area contributed by atoms with Crippen molar-refractivity contribution >= 4 is 76.0 Å². The van der Waals surface area contributed by atoms with E-state index < -0.39 is 35.2 Å². The topological polar surface area (TPSA) is 174 Å². The maximum absolute atomic E-state index is 12.7. The van der Waals surface area contributed by atoms with Crippen molar-refractivity contribution in [3.05, 3.63) is 40.4 Å². The lowest BCUT2D eigenvalue weighted by Gasteiger charge is -2.49. The molecule has 2 atom stereocenters. The summed E-state index contributed by atoms with van der Waals surface area (Å²) < 4.78 is 0. The average molecular weight is 529 g/mol. The summed E-state index contributed by atoms with van der Waals surface area (Å²) in [5, 5.41) is 27.9. The summed E-state index contributed by atoms with van der Waals surface area (Å²) in [4.78, 5) is 49.9. The second-order valence-corrected chi connectivity index (χ2v) is 11.0. The standard InChI is InChI=1S/C19H20N4O6S4/c20-19(21)32-5-9-3-1-2-4-10(9)33-11-6-31-17-14(16(27)23(17)15(11)18(28)29)22-12(24)7-30-8-13(25)26/h1-4,14,17H,5-8H2,(H3,20,21)(H,22,24)(H,25,26)(H,28,29)/t14-,17-/m1/s1. The minimum atomic E-state index is -1.23. The molecule has 2 aliphatic rings. The Morgan fingerprint density at radius 3 is 2.64 bits per heavy atom. The van der Waals surface area contributed by atoms with Crippen molar-refractivity contribution < 1.29 is 29.4 Å². The Balaban J connectivity index is 1.73. The Morgan fingerprint density at radius 1 is 1.24 bits per heavy atom. The Hall–Kier alpha value is -2.29. The molecule has 3 rings (SSSR count). The zero-order valence-electron chi connectivity index (χ0n) is 17.0. The number of amides is 2. The molecule has 1 aromatic carbocycles. The van der Waals surface area contributed by atoms with E-state index in [1.54, 1.807) is 0 Å². The van der Waals surface area contributed by atoms with E-state index in [2.05, 4.69) is 5.32 Å². The first-order valence-corrected chi connectivity index (χ1v) is 13.4. The molecular weight excluding hydrogens is 508 g/mol. The van der Waals surface area contributed by atoms with Gasteiger partial charge < -0.3 is 21.3 Å². The van der Waals surface area contributed by atoms with Crippen molar-refractivity contribution in [1.29, 1.82) is 5.41 Å². The molecule has 0 spiro atoms. The Kier molecular flexibility index (Phi) is 8.62. The molecule has 1 saturated heterocycles. The lowest BCUT2D eigenvalue weighted by atomic mass is 10.1. The van der Waals surface area contributed by atoms with Gasteiger partial charge in [-0.05, 0) is 11.6 Å². The van der Waals surface area contributed by atoms with Crippen molar-refractivity contribution in [1.82, 2.24) is 10.2 Å². The number of nitrogens with one attached hydrogen (secondary N) is 2. The van der Waals surface area contributed by atoms with Crippen molar-refractivity contribution in [2.24, 2.45) is 5.73 Å². The Bertz CT molecular complexity index is 1030. The van der Waals surface area contributed by atoms with E-state index in [1.807, 2.05) is 24.3 Å². The fourth-order valence-corrected chi connectivity index (χ4v) is 6.93.